The lowest BCUT2D eigenvalue weighted by atomic mass is 10.1. The van der Waals surface area contributed by atoms with Gasteiger partial charge in [-0.2, -0.15) is 0 Å². The van der Waals surface area contributed by atoms with Crippen LogP contribution in [0.25, 0.3) is 0 Å². The molecule has 33 heavy (non-hydrogen) atoms. The fourth-order valence-electron chi connectivity index (χ4n) is 4.26. The number of rotatable bonds is 6. The van der Waals surface area contributed by atoms with Gasteiger partial charge in [0.25, 0.3) is 5.91 Å². The molecule has 0 aliphatic carbocycles. The Morgan fingerprint density at radius 2 is 1.88 bits per heavy atom. The quantitative estimate of drug-likeness (QED) is 0.368. The Morgan fingerprint density at radius 1 is 1.12 bits per heavy atom. The monoisotopic (exact) mass is 461 g/mol. The van der Waals surface area contributed by atoms with Gasteiger partial charge in [-0.3, -0.25) is 4.79 Å². The third-order valence-corrected chi connectivity index (χ3v) is 7.04. The smallest absolute Gasteiger partial charge is 0.266 e. The van der Waals surface area contributed by atoms with Gasteiger partial charge in [-0.15, -0.1) is 11.3 Å². The van der Waals surface area contributed by atoms with Crippen LogP contribution >= 0.6 is 11.3 Å². The van der Waals surface area contributed by atoms with Crippen LogP contribution in [0.2, 0.25) is 0 Å². The molecule has 1 saturated heterocycles. The number of amides is 1. The van der Waals surface area contributed by atoms with E-state index in [2.05, 4.69) is 22.1 Å². The van der Waals surface area contributed by atoms with Crippen LogP contribution < -0.4 is 0 Å². The fourth-order valence-corrected chi connectivity index (χ4v) is 5.31. The van der Waals surface area contributed by atoms with Crippen molar-refractivity contribution >= 4 is 17.2 Å². The first-order valence-electron chi connectivity index (χ1n) is 11.1. The first-order valence-corrected chi connectivity index (χ1v) is 11.9. The molecule has 5 nitrogen and oxygen atoms in total. The van der Waals surface area contributed by atoms with Gasteiger partial charge in [-0.1, -0.05) is 42.5 Å². The third-order valence-electron chi connectivity index (χ3n) is 5.90. The van der Waals surface area contributed by atoms with E-state index in [9.17, 15) is 9.18 Å². The lowest BCUT2D eigenvalue weighted by Crippen LogP contribution is -2.30. The van der Waals surface area contributed by atoms with Crippen molar-refractivity contribution in [2.45, 2.75) is 38.6 Å². The predicted molar refractivity (Wildman–Crippen MR) is 125 cm³/mol. The molecule has 1 fully saturated rings. The van der Waals surface area contributed by atoms with Gasteiger partial charge in [-0.05, 0) is 43.0 Å². The summed E-state index contributed by atoms with van der Waals surface area (Å²) in [5, 5.41) is 0.940. The van der Waals surface area contributed by atoms with E-state index in [1.165, 1.54) is 29.0 Å². The maximum absolute atomic E-state index is 13.4. The number of aryl methyl sites for hydroxylation is 1. The molecule has 0 bridgehead atoms. The van der Waals surface area contributed by atoms with Crippen molar-refractivity contribution in [3.63, 3.8) is 0 Å². The summed E-state index contributed by atoms with van der Waals surface area (Å²) in [6.07, 6.45) is 4.67. The maximum atomic E-state index is 13.4. The van der Waals surface area contributed by atoms with Gasteiger partial charge in [0.05, 0.1) is 16.9 Å². The van der Waals surface area contributed by atoms with Crippen molar-refractivity contribution in [3.05, 3.63) is 105 Å². The standard InChI is InChI=1S/C26H24FN3O2S/c1-17-24(33-23(29-17)15-18-6-3-2-4-7-18)26(31)30-13-5-8-22(30)25-28-16-21(32-25)14-19-9-11-20(27)12-10-19/h2-4,6-7,9-12,16,22H,5,8,13-15H2,1H3/t22-/m1/s1. The van der Waals surface area contributed by atoms with Crippen LogP contribution in [0.3, 0.4) is 0 Å². The minimum atomic E-state index is -0.262. The highest BCUT2D eigenvalue weighted by Crippen LogP contribution is 2.35. The zero-order chi connectivity index (χ0) is 22.8. The van der Waals surface area contributed by atoms with Gasteiger partial charge in [0.2, 0.25) is 5.89 Å². The topological polar surface area (TPSA) is 59.2 Å². The molecule has 0 N–H and O–H groups in total. The average Bonchev–Trinajstić information content (AvgIpc) is 3.55. The van der Waals surface area contributed by atoms with Crippen LogP contribution in [0.4, 0.5) is 4.39 Å². The van der Waals surface area contributed by atoms with E-state index in [0.29, 0.717) is 29.5 Å². The normalized spacial score (nSPS) is 15.8. The molecule has 3 heterocycles. The number of hydrogen-bond donors (Lipinski definition) is 0. The van der Waals surface area contributed by atoms with Gasteiger partial charge in [0.1, 0.15) is 22.5 Å². The predicted octanol–water partition coefficient (Wildman–Crippen LogP) is 5.74. The van der Waals surface area contributed by atoms with Gasteiger partial charge < -0.3 is 9.32 Å². The Kier molecular flexibility index (Phi) is 6.05. The first-order chi connectivity index (χ1) is 16.1. The molecule has 1 atom stereocenters. The van der Waals surface area contributed by atoms with Gasteiger partial charge in [-0.25, -0.2) is 14.4 Å². The van der Waals surface area contributed by atoms with Crippen molar-refractivity contribution in [2.24, 2.45) is 0 Å². The Morgan fingerprint density at radius 3 is 2.67 bits per heavy atom. The first kappa shape index (κ1) is 21.5. The molecule has 0 unspecified atom stereocenters. The van der Waals surface area contributed by atoms with Crippen LogP contribution in [-0.2, 0) is 12.8 Å². The van der Waals surface area contributed by atoms with Gasteiger partial charge in [0, 0.05) is 19.4 Å². The SMILES string of the molecule is Cc1nc(Cc2ccccc2)sc1C(=O)N1CCC[C@@H]1c1ncc(Cc2ccc(F)cc2)o1. The minimum absolute atomic E-state index is 0.00917. The number of carbonyl (C=O) groups excluding carboxylic acids is 1. The molecule has 2 aromatic carbocycles. The Labute approximate surface area is 195 Å². The number of hydrogen-bond acceptors (Lipinski definition) is 5. The number of oxazole rings is 1. The second-order valence-electron chi connectivity index (χ2n) is 8.31. The molecule has 0 saturated carbocycles. The number of aromatic nitrogens is 2. The van der Waals surface area contributed by atoms with E-state index >= 15 is 0 Å². The molecule has 0 spiro atoms. The van der Waals surface area contributed by atoms with Gasteiger partial charge in [0.15, 0.2) is 0 Å². The fraction of sp³-hybridized carbons (Fsp3) is 0.269. The molecule has 1 aliphatic rings. The van der Waals surface area contributed by atoms with Crippen LogP contribution in [0.1, 0.15) is 62.0 Å². The Bertz CT molecular complexity index is 1250. The number of likely N-dealkylation sites (tertiary alicyclic amines) is 1. The summed E-state index contributed by atoms with van der Waals surface area (Å²) in [6.45, 7) is 2.57. The summed E-state index contributed by atoms with van der Waals surface area (Å²) < 4.78 is 19.2. The summed E-state index contributed by atoms with van der Waals surface area (Å²) in [5.41, 5.74) is 2.90. The molecule has 168 valence electrons. The molecule has 1 aliphatic heterocycles. The molecule has 0 radical (unpaired) electrons. The van der Waals surface area contributed by atoms with Crippen LogP contribution in [-0.4, -0.2) is 27.3 Å². The average molecular weight is 462 g/mol. The summed E-state index contributed by atoms with van der Waals surface area (Å²) in [4.78, 5) is 25.1. The molecule has 4 aromatic rings. The highest BCUT2D eigenvalue weighted by molar-refractivity contribution is 7.13. The second kappa shape index (κ2) is 9.27. The molecule has 2 aromatic heterocycles. The Hall–Kier alpha value is -3.32. The van der Waals surface area contributed by atoms with Crippen molar-refractivity contribution in [1.29, 1.82) is 0 Å². The zero-order valence-electron chi connectivity index (χ0n) is 18.3. The summed E-state index contributed by atoms with van der Waals surface area (Å²) in [7, 11) is 0. The van der Waals surface area contributed by atoms with E-state index in [4.69, 9.17) is 4.42 Å². The van der Waals surface area contributed by atoms with Crippen molar-refractivity contribution in [1.82, 2.24) is 14.9 Å². The number of benzene rings is 2. The molecular formula is C26H24FN3O2S. The molecule has 1 amide bonds. The van der Waals surface area contributed by atoms with Crippen LogP contribution in [0.15, 0.2) is 65.2 Å². The molecule has 5 rings (SSSR count). The lowest BCUT2D eigenvalue weighted by molar-refractivity contribution is 0.0718. The summed E-state index contributed by atoms with van der Waals surface area (Å²) in [6, 6.07) is 16.3. The van der Waals surface area contributed by atoms with Crippen molar-refractivity contribution in [3.8, 4) is 0 Å². The van der Waals surface area contributed by atoms with Crippen molar-refractivity contribution in [2.75, 3.05) is 6.54 Å². The van der Waals surface area contributed by atoms with E-state index in [-0.39, 0.29) is 17.8 Å². The number of thiazole rings is 1. The van der Waals surface area contributed by atoms with E-state index < -0.39 is 0 Å². The number of nitrogens with zero attached hydrogens (tertiary/aromatic N) is 3. The van der Waals surface area contributed by atoms with Crippen LogP contribution in [0, 0.1) is 12.7 Å². The largest absolute Gasteiger partial charge is 0.443 e. The lowest BCUT2D eigenvalue weighted by Gasteiger charge is -2.21. The third kappa shape index (κ3) is 4.73. The highest BCUT2D eigenvalue weighted by atomic mass is 32.1. The van der Waals surface area contributed by atoms with Crippen LogP contribution in [0.5, 0.6) is 0 Å². The summed E-state index contributed by atoms with van der Waals surface area (Å²) >= 11 is 1.47. The summed E-state index contributed by atoms with van der Waals surface area (Å²) in [5.74, 6) is 0.993. The number of halogens is 1. The molecular weight excluding hydrogens is 437 g/mol. The number of carbonyl (C=O) groups is 1. The van der Waals surface area contributed by atoms with E-state index in [0.717, 1.165) is 35.5 Å². The molecule has 7 heteroatoms. The highest BCUT2D eigenvalue weighted by Gasteiger charge is 2.35. The zero-order valence-corrected chi connectivity index (χ0v) is 19.1. The van der Waals surface area contributed by atoms with E-state index in [1.54, 1.807) is 18.3 Å². The second-order valence-corrected chi connectivity index (χ2v) is 9.39. The van der Waals surface area contributed by atoms with E-state index in [1.807, 2.05) is 30.0 Å². The van der Waals surface area contributed by atoms with Gasteiger partial charge >= 0.3 is 0 Å². The minimum Gasteiger partial charge on any atom is -0.443 e. The van der Waals surface area contributed by atoms with Crippen molar-refractivity contribution < 1.29 is 13.6 Å². The Balaban J connectivity index is 1.31. The maximum Gasteiger partial charge on any atom is 0.266 e.